The van der Waals surface area contributed by atoms with E-state index in [4.69, 9.17) is 11.4 Å². The van der Waals surface area contributed by atoms with Gasteiger partial charge in [-0.05, 0) is 0 Å². The molecule has 0 aromatic heterocycles. The first-order valence-electron chi connectivity index (χ1n) is 6.25. The fraction of sp³-hybridized carbons (Fsp3) is 0.692. The zero-order valence-electron chi connectivity index (χ0n) is 11.4. The van der Waals surface area contributed by atoms with E-state index in [9.17, 15) is 14.4 Å². The maximum Gasteiger partial charge on any atom is 0.333 e. The van der Waals surface area contributed by atoms with E-state index in [0.29, 0.717) is 11.5 Å². The van der Waals surface area contributed by atoms with Gasteiger partial charge in [-0.15, -0.1) is 5.06 Å². The number of rotatable bonds is 5. The molecule has 0 radical (unpaired) electrons. The maximum atomic E-state index is 11.6. The molecule has 1 unspecified atom stereocenters. The molecule has 0 saturated carbocycles. The van der Waals surface area contributed by atoms with Crippen LogP contribution in [-0.4, -0.2) is 28.4 Å². The zero-order chi connectivity index (χ0) is 14.6. The Morgan fingerprint density at radius 3 is 2.37 bits per heavy atom. The highest BCUT2D eigenvalue weighted by Crippen LogP contribution is 2.27. The van der Waals surface area contributed by atoms with E-state index in [1.807, 2.05) is 13.8 Å². The number of carbonyl (C=O) groups excluding carboxylic acids is 3. The van der Waals surface area contributed by atoms with Gasteiger partial charge >= 0.3 is 5.97 Å². The first-order chi connectivity index (χ1) is 8.80. The second kappa shape index (κ2) is 5.83. The number of imide groups is 1. The second-order valence-corrected chi connectivity index (χ2v) is 5.17. The molecule has 6 heteroatoms. The lowest BCUT2D eigenvalue weighted by atomic mass is 9.85. The summed E-state index contributed by atoms with van der Waals surface area (Å²) in [6.07, 6.45) is 0.507. The van der Waals surface area contributed by atoms with Crippen LogP contribution in [0.2, 0.25) is 0 Å². The third-order valence-corrected chi connectivity index (χ3v) is 3.53. The molecule has 6 nitrogen and oxygen atoms in total. The van der Waals surface area contributed by atoms with Crippen molar-refractivity contribution in [1.29, 1.82) is 0 Å². The zero-order valence-corrected chi connectivity index (χ0v) is 11.4. The minimum atomic E-state index is -0.654. The van der Waals surface area contributed by atoms with Crippen LogP contribution in [0.4, 0.5) is 0 Å². The van der Waals surface area contributed by atoms with Gasteiger partial charge in [-0.1, -0.05) is 13.8 Å². The highest BCUT2D eigenvalue weighted by molar-refractivity contribution is 6.01. The molecule has 19 heavy (non-hydrogen) atoms. The van der Waals surface area contributed by atoms with Crippen molar-refractivity contribution in [2.45, 2.75) is 52.0 Å². The molecule has 2 amide bonds. The van der Waals surface area contributed by atoms with E-state index in [1.165, 1.54) is 0 Å². The highest BCUT2D eigenvalue weighted by atomic mass is 16.7. The number of hydrogen-bond donors (Lipinski definition) is 0. The lowest BCUT2D eigenvalue weighted by Gasteiger charge is -2.21. The molecule has 0 aliphatic carbocycles. The van der Waals surface area contributed by atoms with Gasteiger partial charge in [-0.3, -0.25) is 9.59 Å². The normalized spacial score (nSPS) is 18.4. The fourth-order valence-corrected chi connectivity index (χ4v) is 1.63. The standard InChI is InChI=1S/C13H18N2O4/c1-9(2)13(3,14-4)8-7-12(18)19-15-10(16)5-6-11(15)17/h9H,5-8H2,1-3H3. The van der Waals surface area contributed by atoms with Crippen molar-refractivity contribution < 1.29 is 19.2 Å². The van der Waals surface area contributed by atoms with Crippen molar-refractivity contribution in [3.8, 4) is 0 Å². The summed E-state index contributed by atoms with van der Waals surface area (Å²) in [4.78, 5) is 42.4. The van der Waals surface area contributed by atoms with Crippen molar-refractivity contribution in [2.24, 2.45) is 5.92 Å². The molecule has 1 atom stereocenters. The summed E-state index contributed by atoms with van der Waals surface area (Å²) in [5.74, 6) is -1.53. The molecule has 1 rings (SSSR count). The minimum absolute atomic E-state index is 0.00806. The summed E-state index contributed by atoms with van der Waals surface area (Å²) in [6, 6.07) is 0. The van der Waals surface area contributed by atoms with Crippen LogP contribution in [0.15, 0.2) is 0 Å². The van der Waals surface area contributed by atoms with E-state index >= 15 is 0 Å². The van der Waals surface area contributed by atoms with Gasteiger partial charge < -0.3 is 9.68 Å². The Kier molecular flexibility index (Phi) is 4.65. The van der Waals surface area contributed by atoms with Crippen LogP contribution in [0, 0.1) is 12.5 Å². The molecule has 1 heterocycles. The van der Waals surface area contributed by atoms with Gasteiger partial charge in [0, 0.05) is 32.1 Å². The molecule has 1 aliphatic heterocycles. The number of nitrogens with zero attached hydrogens (tertiary/aromatic N) is 2. The third kappa shape index (κ3) is 3.53. The van der Waals surface area contributed by atoms with Crippen molar-refractivity contribution in [3.63, 3.8) is 0 Å². The minimum Gasteiger partial charge on any atom is -0.330 e. The first kappa shape index (κ1) is 15.2. The van der Waals surface area contributed by atoms with E-state index < -0.39 is 23.3 Å². The summed E-state index contributed by atoms with van der Waals surface area (Å²) in [7, 11) is 0. The number of carbonyl (C=O) groups is 3. The summed E-state index contributed by atoms with van der Waals surface area (Å²) in [6.45, 7) is 12.8. The van der Waals surface area contributed by atoms with Gasteiger partial charge in [-0.25, -0.2) is 11.4 Å². The molecule has 1 saturated heterocycles. The predicted molar refractivity (Wildman–Crippen MR) is 66.3 cm³/mol. The van der Waals surface area contributed by atoms with Gasteiger partial charge in [0.05, 0.1) is 6.42 Å². The van der Waals surface area contributed by atoms with Gasteiger partial charge in [0.1, 0.15) is 0 Å². The maximum absolute atomic E-state index is 11.6. The Morgan fingerprint density at radius 1 is 1.42 bits per heavy atom. The van der Waals surface area contributed by atoms with Crippen LogP contribution in [0.1, 0.15) is 46.5 Å². The van der Waals surface area contributed by atoms with Gasteiger partial charge in [-0.2, -0.15) is 0 Å². The topological polar surface area (TPSA) is 68.0 Å². The average Bonchev–Trinajstić information content (AvgIpc) is 2.67. The summed E-state index contributed by atoms with van der Waals surface area (Å²) >= 11 is 0. The molecule has 0 bridgehead atoms. The van der Waals surface area contributed by atoms with Crippen molar-refractivity contribution in [3.05, 3.63) is 11.4 Å². The Bertz CT molecular complexity index is 422. The van der Waals surface area contributed by atoms with E-state index in [1.54, 1.807) is 6.92 Å². The smallest absolute Gasteiger partial charge is 0.330 e. The summed E-state index contributed by atoms with van der Waals surface area (Å²) in [5.41, 5.74) is -0.641. The predicted octanol–water partition coefficient (Wildman–Crippen LogP) is 1.71. The Labute approximate surface area is 112 Å². The SMILES string of the molecule is [C-]#[N+]C(C)(CCC(=O)ON1C(=O)CCC1=O)C(C)C. The van der Waals surface area contributed by atoms with Gasteiger partial charge in [0.2, 0.25) is 5.54 Å². The van der Waals surface area contributed by atoms with Crippen molar-refractivity contribution in [2.75, 3.05) is 0 Å². The van der Waals surface area contributed by atoms with Gasteiger partial charge in [0.25, 0.3) is 11.8 Å². The average molecular weight is 266 g/mol. The first-order valence-corrected chi connectivity index (χ1v) is 6.25. The highest BCUT2D eigenvalue weighted by Gasteiger charge is 2.37. The fourth-order valence-electron chi connectivity index (χ4n) is 1.63. The molecule has 0 aromatic carbocycles. The lowest BCUT2D eigenvalue weighted by Crippen LogP contribution is -2.33. The third-order valence-electron chi connectivity index (χ3n) is 3.53. The molecular weight excluding hydrogens is 248 g/mol. The molecular formula is C13H18N2O4. The van der Waals surface area contributed by atoms with Crippen LogP contribution >= 0.6 is 0 Å². The Morgan fingerprint density at radius 2 is 1.95 bits per heavy atom. The molecule has 1 aliphatic rings. The van der Waals surface area contributed by atoms with Gasteiger partial charge in [0.15, 0.2) is 0 Å². The number of amides is 2. The van der Waals surface area contributed by atoms with Crippen molar-refractivity contribution in [1.82, 2.24) is 5.06 Å². The quantitative estimate of drug-likeness (QED) is 0.561. The van der Waals surface area contributed by atoms with Crippen LogP contribution in [0.5, 0.6) is 0 Å². The largest absolute Gasteiger partial charge is 0.333 e. The van der Waals surface area contributed by atoms with E-state index in [0.717, 1.165) is 0 Å². The van der Waals surface area contributed by atoms with E-state index in [-0.39, 0.29) is 25.2 Å². The van der Waals surface area contributed by atoms with E-state index in [2.05, 4.69) is 4.85 Å². The Balaban J connectivity index is 2.51. The summed E-state index contributed by atoms with van der Waals surface area (Å²) in [5, 5.41) is 0.535. The van der Waals surface area contributed by atoms with Crippen LogP contribution in [0.25, 0.3) is 4.85 Å². The van der Waals surface area contributed by atoms with Crippen molar-refractivity contribution >= 4 is 17.8 Å². The molecule has 0 N–H and O–H groups in total. The number of hydroxylamine groups is 2. The van der Waals surface area contributed by atoms with Crippen LogP contribution in [0.3, 0.4) is 0 Å². The molecule has 104 valence electrons. The molecule has 0 spiro atoms. The Hall–Kier alpha value is -1.90. The van der Waals surface area contributed by atoms with Crippen LogP contribution < -0.4 is 0 Å². The molecule has 0 aromatic rings. The number of hydrogen-bond acceptors (Lipinski definition) is 4. The van der Waals surface area contributed by atoms with Crippen LogP contribution in [-0.2, 0) is 19.2 Å². The molecule has 1 fully saturated rings. The second-order valence-electron chi connectivity index (χ2n) is 5.17. The summed E-state index contributed by atoms with van der Waals surface area (Å²) < 4.78 is 0. The monoisotopic (exact) mass is 266 g/mol. The lowest BCUT2D eigenvalue weighted by molar-refractivity contribution is -0.197.